The molecular weight excluding hydrogens is 539 g/mol. The van der Waals surface area contributed by atoms with E-state index in [4.69, 9.17) is 23.8 Å². The number of nitrogens with zero attached hydrogens (tertiary/aromatic N) is 2. The number of hydrazone groups is 1. The molecule has 186 valence electrons. The molecule has 0 saturated heterocycles. The molecular formula is C22H19BrF3N3O6. The van der Waals surface area contributed by atoms with Crippen molar-refractivity contribution in [3.8, 4) is 23.0 Å². The van der Waals surface area contributed by atoms with Crippen LogP contribution in [-0.4, -0.2) is 38.8 Å². The molecule has 35 heavy (non-hydrogen) atoms. The molecule has 2 atom stereocenters. The van der Waals surface area contributed by atoms with Crippen LogP contribution in [0.25, 0.3) is 0 Å². The van der Waals surface area contributed by atoms with Gasteiger partial charge in [0.1, 0.15) is 0 Å². The zero-order chi connectivity index (χ0) is 25.3. The number of methoxy groups -OCH3 is 2. The van der Waals surface area contributed by atoms with E-state index < -0.39 is 29.7 Å². The van der Waals surface area contributed by atoms with Crippen molar-refractivity contribution in [1.82, 2.24) is 5.43 Å². The van der Waals surface area contributed by atoms with Gasteiger partial charge >= 0.3 is 6.18 Å². The van der Waals surface area contributed by atoms with Gasteiger partial charge in [-0.25, -0.2) is 5.43 Å². The van der Waals surface area contributed by atoms with E-state index in [-0.39, 0.29) is 18.1 Å². The molecule has 4 rings (SSSR count). The summed E-state index contributed by atoms with van der Waals surface area (Å²) in [7, 11) is 2.91. The molecule has 1 N–H and O–H groups in total. The van der Waals surface area contributed by atoms with E-state index >= 15 is 0 Å². The molecule has 2 heterocycles. The highest BCUT2D eigenvalue weighted by atomic mass is 79.9. The highest BCUT2D eigenvalue weighted by Crippen LogP contribution is 2.57. The Balaban J connectivity index is 1.55. The Morgan fingerprint density at radius 3 is 2.51 bits per heavy atom. The Bertz CT molecular complexity index is 1220. The van der Waals surface area contributed by atoms with Crippen molar-refractivity contribution < 1.29 is 41.8 Å². The fraction of sp³-hybridized carbons (Fsp3) is 0.318. The monoisotopic (exact) mass is 557 g/mol. The maximum absolute atomic E-state index is 13.1. The summed E-state index contributed by atoms with van der Waals surface area (Å²) in [6, 6.07) is 4.87. The van der Waals surface area contributed by atoms with Gasteiger partial charge in [0.2, 0.25) is 18.3 Å². The quantitative estimate of drug-likeness (QED) is 0.416. The van der Waals surface area contributed by atoms with Crippen LogP contribution in [0.4, 0.5) is 13.2 Å². The average molecular weight is 558 g/mol. The molecule has 9 nitrogen and oxygen atoms in total. The number of alkyl halides is 3. The Kier molecular flexibility index (Phi) is 6.79. The maximum Gasteiger partial charge on any atom is 0.417 e. The minimum atomic E-state index is -4.56. The van der Waals surface area contributed by atoms with E-state index in [2.05, 4.69) is 31.6 Å². The Morgan fingerprint density at radius 2 is 1.86 bits per heavy atom. The molecule has 0 fully saturated rings. The lowest BCUT2D eigenvalue weighted by atomic mass is 9.92. The second kappa shape index (κ2) is 9.64. The summed E-state index contributed by atoms with van der Waals surface area (Å²) in [4.78, 5) is 18.2. The van der Waals surface area contributed by atoms with E-state index in [1.165, 1.54) is 32.4 Å². The van der Waals surface area contributed by atoms with Gasteiger partial charge in [0.25, 0.3) is 5.91 Å². The Hall–Kier alpha value is -3.48. The van der Waals surface area contributed by atoms with Crippen molar-refractivity contribution in [2.24, 2.45) is 16.2 Å². The van der Waals surface area contributed by atoms with Crippen LogP contribution in [0.15, 0.2) is 39.0 Å². The zero-order valence-corrected chi connectivity index (χ0v) is 20.2. The van der Waals surface area contributed by atoms with Gasteiger partial charge in [0.15, 0.2) is 23.3 Å². The number of hydrogen-bond donors (Lipinski definition) is 1. The molecule has 0 radical (unpaired) electrons. The first kappa shape index (κ1) is 24.6. The van der Waals surface area contributed by atoms with Crippen molar-refractivity contribution in [2.75, 3.05) is 21.0 Å². The second-order valence-corrected chi connectivity index (χ2v) is 8.23. The molecule has 0 spiro atoms. The van der Waals surface area contributed by atoms with Gasteiger partial charge in [0.05, 0.1) is 42.0 Å². The fourth-order valence-corrected chi connectivity index (χ4v) is 4.51. The average Bonchev–Trinajstić information content (AvgIpc) is 3.45. The second-order valence-electron chi connectivity index (χ2n) is 7.43. The lowest BCUT2D eigenvalue weighted by Crippen LogP contribution is -2.31. The van der Waals surface area contributed by atoms with Crippen molar-refractivity contribution >= 4 is 33.8 Å². The summed E-state index contributed by atoms with van der Waals surface area (Å²) < 4.78 is 61.9. The van der Waals surface area contributed by atoms with Crippen LogP contribution in [0.5, 0.6) is 23.0 Å². The van der Waals surface area contributed by atoms with Crippen molar-refractivity contribution in [3.63, 3.8) is 0 Å². The number of fused-ring (bicyclic) bond motifs is 1. The third kappa shape index (κ3) is 4.47. The molecule has 1 amide bonds. The molecule has 0 unspecified atom stereocenters. The lowest BCUT2D eigenvalue weighted by molar-refractivity contribution is -0.137. The standard InChI is InChI=1S/C22H19BrF3N3O6/c1-10-15(21(30)28-27-8-11-6-4-5-7-12(11)22(24,25)26)29-35-16(10)13-14(23)18(32-3)20-19(17(13)31-2)33-9-34-20/h4-8,10,16H,9H2,1-3H3,(H,28,30)/b27-8-/t10-,16-/m1/s1. The Labute approximate surface area is 205 Å². The van der Waals surface area contributed by atoms with Crippen LogP contribution in [-0.2, 0) is 15.8 Å². The topological polar surface area (TPSA) is 100.0 Å². The predicted molar refractivity (Wildman–Crippen MR) is 121 cm³/mol. The number of carbonyl (C=O) groups excluding carboxylic acids is 1. The summed E-state index contributed by atoms with van der Waals surface area (Å²) in [5, 5.41) is 7.55. The number of hydrogen-bond acceptors (Lipinski definition) is 8. The molecule has 13 heteroatoms. The number of benzene rings is 2. The maximum atomic E-state index is 13.1. The first-order valence-electron chi connectivity index (χ1n) is 10.1. The normalized spacial score (nSPS) is 18.9. The Morgan fingerprint density at radius 1 is 1.20 bits per heavy atom. The van der Waals surface area contributed by atoms with E-state index in [0.717, 1.165) is 12.3 Å². The highest BCUT2D eigenvalue weighted by molar-refractivity contribution is 9.10. The number of nitrogens with one attached hydrogen (secondary N) is 1. The van der Waals surface area contributed by atoms with Gasteiger partial charge < -0.3 is 23.8 Å². The number of rotatable bonds is 6. The number of halogens is 4. The van der Waals surface area contributed by atoms with Crippen molar-refractivity contribution in [3.05, 3.63) is 45.4 Å². The summed E-state index contributed by atoms with van der Waals surface area (Å²) >= 11 is 3.48. The molecule has 0 bridgehead atoms. The molecule has 2 aromatic rings. The number of oxime groups is 1. The van der Waals surface area contributed by atoms with Gasteiger partial charge in [-0.1, -0.05) is 30.3 Å². The van der Waals surface area contributed by atoms with Gasteiger partial charge in [-0.15, -0.1) is 0 Å². The molecule has 0 saturated carbocycles. The number of ether oxygens (including phenoxy) is 4. The third-order valence-corrected chi connectivity index (χ3v) is 6.20. The van der Waals surface area contributed by atoms with Crippen molar-refractivity contribution in [2.45, 2.75) is 19.2 Å². The first-order chi connectivity index (χ1) is 16.7. The van der Waals surface area contributed by atoms with Crippen molar-refractivity contribution in [1.29, 1.82) is 0 Å². The fourth-order valence-electron chi connectivity index (χ4n) is 3.77. The SMILES string of the molecule is COc1c(Br)c([C@@H]2ON=C(C(=O)N/N=C\c3ccccc3C(F)(F)F)[C@H]2C)c(OC)c2c1OCO2. The zero-order valence-electron chi connectivity index (χ0n) is 18.6. The largest absolute Gasteiger partial charge is 0.492 e. The minimum Gasteiger partial charge on any atom is -0.492 e. The van der Waals surface area contributed by atoms with E-state index in [1.54, 1.807) is 6.92 Å². The number of carbonyl (C=O) groups is 1. The summed E-state index contributed by atoms with van der Waals surface area (Å²) in [5.41, 5.74) is 1.60. The van der Waals surface area contributed by atoms with Gasteiger partial charge in [-0.05, 0) is 22.0 Å². The van der Waals surface area contributed by atoms with Gasteiger partial charge in [0, 0.05) is 5.56 Å². The first-order valence-corrected chi connectivity index (χ1v) is 10.9. The van der Waals surface area contributed by atoms with Crippen LogP contribution in [0.3, 0.4) is 0 Å². The molecule has 2 aromatic carbocycles. The van der Waals surface area contributed by atoms with Crippen LogP contribution in [0.1, 0.15) is 29.7 Å². The number of amides is 1. The van der Waals surface area contributed by atoms with E-state index in [9.17, 15) is 18.0 Å². The third-order valence-electron chi connectivity index (χ3n) is 5.42. The molecule has 2 aliphatic rings. The van der Waals surface area contributed by atoms with Crippen LogP contribution < -0.4 is 24.4 Å². The summed E-state index contributed by atoms with van der Waals surface area (Å²) in [6.45, 7) is 1.67. The molecule has 2 aliphatic heterocycles. The predicted octanol–water partition coefficient (Wildman–Crippen LogP) is 4.43. The molecule has 0 aliphatic carbocycles. The van der Waals surface area contributed by atoms with Gasteiger partial charge in [-0.3, -0.25) is 4.79 Å². The van der Waals surface area contributed by atoms with E-state index in [0.29, 0.717) is 33.0 Å². The van der Waals surface area contributed by atoms with Crippen LogP contribution in [0.2, 0.25) is 0 Å². The summed E-state index contributed by atoms with van der Waals surface area (Å²) in [5.74, 6) is 0.0317. The summed E-state index contributed by atoms with van der Waals surface area (Å²) in [6.07, 6.45) is -4.42. The molecule has 0 aromatic heterocycles. The van der Waals surface area contributed by atoms with Gasteiger partial charge in [-0.2, -0.15) is 18.3 Å². The van der Waals surface area contributed by atoms with Crippen LogP contribution in [0, 0.1) is 5.92 Å². The van der Waals surface area contributed by atoms with E-state index in [1.807, 2.05) is 0 Å². The highest BCUT2D eigenvalue weighted by Gasteiger charge is 2.42. The smallest absolute Gasteiger partial charge is 0.417 e. The lowest BCUT2D eigenvalue weighted by Gasteiger charge is -2.21. The van der Waals surface area contributed by atoms with Crippen LogP contribution >= 0.6 is 15.9 Å². The minimum absolute atomic E-state index is 0.0122.